The zero-order valence-electron chi connectivity index (χ0n) is 17.6. The Kier molecular flexibility index (Phi) is 4.39. The Bertz CT molecular complexity index is 922. The predicted octanol–water partition coefficient (Wildman–Crippen LogP) is 3.33. The Morgan fingerprint density at radius 3 is 2.62 bits per heavy atom. The van der Waals surface area contributed by atoms with Gasteiger partial charge < -0.3 is 14.7 Å². The fraction of sp³-hybridized carbons (Fsp3) is 0.500. The summed E-state index contributed by atoms with van der Waals surface area (Å²) < 4.78 is 0. The Morgan fingerprint density at radius 2 is 1.90 bits per heavy atom. The Morgan fingerprint density at radius 1 is 1.10 bits per heavy atom. The molecule has 5 heteroatoms. The molecule has 152 valence electrons. The molecule has 3 heterocycles. The Balaban J connectivity index is 1.53. The van der Waals surface area contributed by atoms with E-state index < -0.39 is 0 Å². The molecule has 2 aliphatic heterocycles. The quantitative estimate of drug-likeness (QED) is 0.789. The first kappa shape index (κ1) is 18.6. The van der Waals surface area contributed by atoms with Crippen LogP contribution in [0.2, 0.25) is 0 Å². The second-order valence-electron chi connectivity index (χ2n) is 9.07. The lowest BCUT2D eigenvalue weighted by molar-refractivity contribution is 0.0157. The third kappa shape index (κ3) is 2.78. The Labute approximate surface area is 173 Å². The molecule has 3 aliphatic rings. The van der Waals surface area contributed by atoms with Crippen LogP contribution in [0, 0.1) is 5.92 Å². The molecule has 5 rings (SSSR count). The molecule has 0 radical (unpaired) electrons. The summed E-state index contributed by atoms with van der Waals surface area (Å²) in [6.45, 7) is 9.68. The number of likely N-dealkylation sites (tertiary alicyclic amines) is 1. The Hall–Kier alpha value is -2.40. The number of hydrogen-bond donors (Lipinski definition) is 0. The monoisotopic (exact) mass is 390 g/mol. The van der Waals surface area contributed by atoms with Crippen molar-refractivity contribution < 1.29 is 4.79 Å². The van der Waals surface area contributed by atoms with Gasteiger partial charge in [0.05, 0.1) is 5.54 Å². The van der Waals surface area contributed by atoms with Crippen molar-refractivity contribution in [1.29, 1.82) is 0 Å². The van der Waals surface area contributed by atoms with Crippen molar-refractivity contribution in [3.63, 3.8) is 0 Å². The average Bonchev–Trinajstić information content (AvgIpc) is 2.88. The molecule has 1 aromatic carbocycles. The summed E-state index contributed by atoms with van der Waals surface area (Å²) in [5.74, 6) is 0.988. The van der Waals surface area contributed by atoms with Crippen LogP contribution in [0.25, 0.3) is 0 Å². The zero-order chi connectivity index (χ0) is 20.2. The van der Waals surface area contributed by atoms with Crippen LogP contribution in [0.1, 0.15) is 47.8 Å². The highest BCUT2D eigenvalue weighted by Gasteiger charge is 2.55. The minimum Gasteiger partial charge on any atom is -0.369 e. The minimum absolute atomic E-state index is 0.0521. The van der Waals surface area contributed by atoms with Gasteiger partial charge in [0.1, 0.15) is 5.69 Å². The van der Waals surface area contributed by atoms with E-state index in [-0.39, 0.29) is 11.4 Å². The SMILES string of the molecule is C[C@H]1C2CCN(C(=O)c3ccccn3)[C@]1(C)c1cc(N3CCN(C)CC3)ccc12. The molecule has 2 fully saturated rings. The van der Waals surface area contributed by atoms with E-state index in [0.29, 0.717) is 17.5 Å². The summed E-state index contributed by atoms with van der Waals surface area (Å²) in [6.07, 6.45) is 2.73. The van der Waals surface area contributed by atoms with Crippen LogP contribution in [0.15, 0.2) is 42.6 Å². The van der Waals surface area contributed by atoms with E-state index in [2.05, 4.69) is 58.8 Å². The molecule has 5 nitrogen and oxygen atoms in total. The van der Waals surface area contributed by atoms with Gasteiger partial charge in [-0.2, -0.15) is 0 Å². The highest BCUT2D eigenvalue weighted by atomic mass is 16.2. The first-order valence-electron chi connectivity index (χ1n) is 10.8. The molecule has 0 N–H and O–H groups in total. The molecule has 3 atom stereocenters. The van der Waals surface area contributed by atoms with Crippen molar-refractivity contribution in [1.82, 2.24) is 14.8 Å². The van der Waals surface area contributed by atoms with E-state index >= 15 is 0 Å². The number of carbonyl (C=O) groups is 1. The van der Waals surface area contributed by atoms with Gasteiger partial charge in [-0.15, -0.1) is 0 Å². The second kappa shape index (κ2) is 6.84. The van der Waals surface area contributed by atoms with Crippen LogP contribution in [0.3, 0.4) is 0 Å². The largest absolute Gasteiger partial charge is 0.369 e. The summed E-state index contributed by atoms with van der Waals surface area (Å²) in [7, 11) is 2.19. The summed E-state index contributed by atoms with van der Waals surface area (Å²) >= 11 is 0. The van der Waals surface area contributed by atoms with Crippen molar-refractivity contribution in [2.75, 3.05) is 44.7 Å². The van der Waals surface area contributed by atoms with E-state index in [9.17, 15) is 4.79 Å². The molecule has 0 saturated carbocycles. The second-order valence-corrected chi connectivity index (χ2v) is 9.07. The van der Waals surface area contributed by atoms with Crippen molar-refractivity contribution in [3.05, 3.63) is 59.4 Å². The minimum atomic E-state index is -0.282. The standard InChI is InChI=1S/C24H30N4O/c1-17-19-9-11-28(23(29)22-6-4-5-10-25-22)24(17,2)21-16-18(7-8-20(19)21)27-14-12-26(3)13-15-27/h4-8,10,16-17,19H,9,11-15H2,1-3H3/t17-,19?,24-/m0/s1. The third-order valence-corrected chi connectivity index (χ3v) is 7.69. The number of fused-ring (bicyclic) bond motifs is 5. The number of carbonyl (C=O) groups excluding carboxylic acids is 1. The van der Waals surface area contributed by atoms with Gasteiger partial charge in [-0.1, -0.05) is 19.1 Å². The number of nitrogens with zero attached hydrogens (tertiary/aromatic N) is 4. The predicted molar refractivity (Wildman–Crippen MR) is 115 cm³/mol. The number of amides is 1. The van der Waals surface area contributed by atoms with Gasteiger partial charge in [0.2, 0.25) is 0 Å². The maximum absolute atomic E-state index is 13.4. The van der Waals surface area contributed by atoms with Gasteiger partial charge >= 0.3 is 0 Å². The topological polar surface area (TPSA) is 39.7 Å². The van der Waals surface area contributed by atoms with E-state index in [1.807, 2.05) is 18.2 Å². The molecule has 2 aromatic rings. The third-order valence-electron chi connectivity index (χ3n) is 7.69. The van der Waals surface area contributed by atoms with Gasteiger partial charge in [0, 0.05) is 44.6 Å². The number of piperazine rings is 1. The number of aromatic nitrogens is 1. The number of pyridine rings is 1. The molecule has 1 aliphatic carbocycles. The van der Waals surface area contributed by atoms with E-state index in [1.165, 1.54) is 16.8 Å². The molecule has 1 amide bonds. The summed E-state index contributed by atoms with van der Waals surface area (Å²) in [5, 5.41) is 0. The van der Waals surface area contributed by atoms with E-state index in [4.69, 9.17) is 0 Å². The van der Waals surface area contributed by atoms with Crippen LogP contribution >= 0.6 is 0 Å². The number of anilines is 1. The average molecular weight is 391 g/mol. The lowest BCUT2D eigenvalue weighted by Crippen LogP contribution is -2.53. The lowest BCUT2D eigenvalue weighted by atomic mass is 9.77. The van der Waals surface area contributed by atoms with Gasteiger partial charge in [-0.3, -0.25) is 9.78 Å². The maximum atomic E-state index is 13.4. The fourth-order valence-corrected chi connectivity index (χ4v) is 5.71. The van der Waals surface area contributed by atoms with Gasteiger partial charge in [0.15, 0.2) is 0 Å². The van der Waals surface area contributed by atoms with E-state index in [1.54, 1.807) is 6.20 Å². The smallest absolute Gasteiger partial charge is 0.273 e. The molecule has 0 spiro atoms. The van der Waals surface area contributed by atoms with Crippen LogP contribution in [0.5, 0.6) is 0 Å². The highest BCUT2D eigenvalue weighted by Crippen LogP contribution is 2.57. The van der Waals surface area contributed by atoms with Crippen LogP contribution in [0.4, 0.5) is 5.69 Å². The molecule has 2 bridgehead atoms. The number of piperidine rings is 1. The van der Waals surface area contributed by atoms with Crippen LogP contribution in [-0.2, 0) is 5.54 Å². The van der Waals surface area contributed by atoms with Crippen molar-refractivity contribution in [2.24, 2.45) is 5.92 Å². The first-order valence-corrected chi connectivity index (χ1v) is 10.8. The lowest BCUT2D eigenvalue weighted by Gasteiger charge is -2.47. The van der Waals surface area contributed by atoms with Gasteiger partial charge in [-0.05, 0) is 67.6 Å². The van der Waals surface area contributed by atoms with Crippen molar-refractivity contribution in [2.45, 2.75) is 31.7 Å². The highest BCUT2D eigenvalue weighted by molar-refractivity contribution is 5.93. The van der Waals surface area contributed by atoms with Crippen molar-refractivity contribution >= 4 is 11.6 Å². The van der Waals surface area contributed by atoms with Crippen LogP contribution < -0.4 is 4.90 Å². The van der Waals surface area contributed by atoms with Gasteiger partial charge in [0.25, 0.3) is 5.91 Å². The van der Waals surface area contributed by atoms with Crippen molar-refractivity contribution in [3.8, 4) is 0 Å². The van der Waals surface area contributed by atoms with Gasteiger partial charge in [-0.25, -0.2) is 0 Å². The summed E-state index contributed by atoms with van der Waals surface area (Å²) in [4.78, 5) is 24.7. The van der Waals surface area contributed by atoms with E-state index in [0.717, 1.165) is 39.1 Å². The summed E-state index contributed by atoms with van der Waals surface area (Å²) in [5.41, 5.74) is 4.34. The molecular weight excluding hydrogens is 360 g/mol. The summed E-state index contributed by atoms with van der Waals surface area (Å²) in [6, 6.07) is 12.6. The molecule has 1 unspecified atom stereocenters. The molecule has 2 saturated heterocycles. The number of likely N-dealkylation sites (N-methyl/N-ethyl adjacent to an activating group) is 1. The fourth-order valence-electron chi connectivity index (χ4n) is 5.71. The zero-order valence-corrected chi connectivity index (χ0v) is 17.6. The maximum Gasteiger partial charge on any atom is 0.273 e. The number of benzene rings is 1. The number of rotatable bonds is 2. The molecular formula is C24H30N4O. The molecule has 1 aromatic heterocycles. The van der Waals surface area contributed by atoms with Crippen LogP contribution in [-0.4, -0.2) is 60.5 Å². The first-order chi connectivity index (χ1) is 14.0. The normalized spacial score (nSPS) is 29.1. The number of hydrogen-bond acceptors (Lipinski definition) is 4. The molecule has 29 heavy (non-hydrogen) atoms.